The third kappa shape index (κ3) is 18.7. The Labute approximate surface area is 255 Å². The maximum absolute atomic E-state index is 2.46. The summed E-state index contributed by atoms with van der Waals surface area (Å²) in [7, 11) is 0. The van der Waals surface area contributed by atoms with E-state index in [4.69, 9.17) is 0 Å². The Bertz CT molecular complexity index is 506. The van der Waals surface area contributed by atoms with Gasteiger partial charge in [-0.1, -0.05) is 0 Å². The van der Waals surface area contributed by atoms with Crippen molar-refractivity contribution in [2.24, 2.45) is 0 Å². The van der Waals surface area contributed by atoms with Gasteiger partial charge in [-0.25, -0.2) is 0 Å². The molecule has 2 heteroatoms. The summed E-state index contributed by atoms with van der Waals surface area (Å²) in [4.78, 5) is 0. The Balaban J connectivity index is 6.77. The van der Waals surface area contributed by atoms with Crippen LogP contribution in [0, 0.1) is 0 Å². The van der Waals surface area contributed by atoms with Gasteiger partial charge in [0, 0.05) is 0 Å². The first kappa shape index (κ1) is 39.6. The Hall–Kier alpha value is 0.604. The van der Waals surface area contributed by atoms with Crippen LogP contribution >= 0.6 is 0 Å². The standard InChI is InChI=1S/C25H50B.3C4H9.Sn/c1-5-9-13-17-21-25(22-18-14-10-6-2)26(23-19-15-11-7-3)24-20-16-12-8-4;3*1-3-4-2;/h5-21,23-24H2,1-4H3;3*1,3-4H2,2H3;. The Kier molecular flexibility index (Phi) is 29.2. The first-order valence-electron chi connectivity index (χ1n) is 18.8. The van der Waals surface area contributed by atoms with Gasteiger partial charge in [0.2, 0.25) is 0 Å². The van der Waals surface area contributed by atoms with Gasteiger partial charge in [-0.2, -0.15) is 0 Å². The zero-order valence-electron chi connectivity index (χ0n) is 28.9. The zero-order chi connectivity index (χ0) is 29.0. The molecule has 0 aliphatic carbocycles. The van der Waals surface area contributed by atoms with E-state index < -0.39 is 18.4 Å². The van der Waals surface area contributed by atoms with Crippen molar-refractivity contribution in [1.82, 2.24) is 0 Å². The first-order chi connectivity index (χ1) is 19.1. The molecular formula is C37H77BSn. The number of rotatable bonds is 30. The van der Waals surface area contributed by atoms with E-state index in [-0.39, 0.29) is 0 Å². The second-order valence-corrected chi connectivity index (χ2v) is 26.6. The van der Waals surface area contributed by atoms with Gasteiger partial charge in [-0.3, -0.25) is 0 Å². The second kappa shape index (κ2) is 28.7. The van der Waals surface area contributed by atoms with Crippen molar-refractivity contribution in [2.75, 3.05) is 0 Å². The van der Waals surface area contributed by atoms with Gasteiger partial charge in [0.25, 0.3) is 0 Å². The molecule has 0 bridgehead atoms. The Morgan fingerprint density at radius 1 is 0.385 bits per heavy atom. The van der Waals surface area contributed by atoms with Gasteiger partial charge in [0.15, 0.2) is 0 Å². The summed E-state index contributed by atoms with van der Waals surface area (Å²) < 4.78 is 7.26. The van der Waals surface area contributed by atoms with Crippen LogP contribution < -0.4 is 0 Å². The molecule has 0 spiro atoms. The summed E-state index contributed by atoms with van der Waals surface area (Å²) in [6.45, 7) is 17.9. The summed E-state index contributed by atoms with van der Waals surface area (Å²) in [6, 6.07) is 0. The fourth-order valence-corrected chi connectivity index (χ4v) is 25.6. The minimum atomic E-state index is -2.46. The van der Waals surface area contributed by atoms with Gasteiger partial charge < -0.3 is 0 Å². The average molecular weight is 652 g/mol. The van der Waals surface area contributed by atoms with Crippen LogP contribution in [0.25, 0.3) is 0 Å². The van der Waals surface area contributed by atoms with Crippen LogP contribution in [0.1, 0.15) is 196 Å². The SMILES string of the molecule is CCCCCCB(CCCCCC)/C(CCCCCC)=[C](/CCCCC)[Sn]([CH2]CCC)([CH2]CCC)[CH2]CCC. The zero-order valence-corrected chi connectivity index (χ0v) is 31.7. The molecule has 0 unspecified atom stereocenters. The molecule has 0 aromatic rings. The van der Waals surface area contributed by atoms with E-state index in [1.54, 1.807) is 13.3 Å². The molecule has 232 valence electrons. The number of unbranched alkanes of at least 4 members (excludes halogenated alkanes) is 14. The van der Waals surface area contributed by atoms with Crippen molar-refractivity contribution < 1.29 is 0 Å². The molecule has 0 aromatic heterocycles. The molecule has 0 heterocycles. The van der Waals surface area contributed by atoms with Crippen LogP contribution in [0.2, 0.25) is 26.0 Å². The second-order valence-electron chi connectivity index (χ2n) is 13.3. The fraction of sp³-hybridized carbons (Fsp3) is 0.946. The molecule has 0 saturated heterocycles. The molecule has 0 saturated carbocycles. The van der Waals surface area contributed by atoms with Gasteiger partial charge >= 0.3 is 256 Å². The minimum absolute atomic E-state index is 0.915. The third-order valence-electron chi connectivity index (χ3n) is 9.69. The van der Waals surface area contributed by atoms with Crippen molar-refractivity contribution >= 4 is 25.1 Å². The van der Waals surface area contributed by atoms with Crippen molar-refractivity contribution in [3.8, 4) is 0 Å². The van der Waals surface area contributed by atoms with E-state index in [0.29, 0.717) is 0 Å². The maximum atomic E-state index is 2.46. The number of hydrogen-bond donors (Lipinski definition) is 0. The predicted octanol–water partition coefficient (Wildman–Crippen LogP) is 14.4. The van der Waals surface area contributed by atoms with Crippen LogP contribution in [0.4, 0.5) is 0 Å². The normalized spacial score (nSPS) is 12.7. The van der Waals surface area contributed by atoms with E-state index in [1.807, 2.05) is 0 Å². The summed E-state index contributed by atoms with van der Waals surface area (Å²) in [5.74, 6) is 0. The van der Waals surface area contributed by atoms with Crippen molar-refractivity contribution in [3.05, 3.63) is 9.06 Å². The third-order valence-corrected chi connectivity index (χ3v) is 26.2. The molecule has 0 atom stereocenters. The summed E-state index contributed by atoms with van der Waals surface area (Å²) in [6.07, 6.45) is 36.3. The van der Waals surface area contributed by atoms with Crippen LogP contribution in [-0.4, -0.2) is 25.1 Å². The monoisotopic (exact) mass is 653 g/mol. The number of allylic oxidation sites excluding steroid dienone is 2. The van der Waals surface area contributed by atoms with E-state index >= 15 is 0 Å². The molecule has 0 aliphatic heterocycles. The van der Waals surface area contributed by atoms with Crippen LogP contribution in [-0.2, 0) is 0 Å². The van der Waals surface area contributed by atoms with E-state index in [1.165, 1.54) is 160 Å². The first-order valence-corrected chi connectivity index (χ1v) is 26.3. The molecular weight excluding hydrogens is 574 g/mol. The van der Waals surface area contributed by atoms with Crippen molar-refractivity contribution in [2.45, 2.75) is 222 Å². The molecule has 0 nitrogen and oxygen atoms in total. The van der Waals surface area contributed by atoms with Crippen LogP contribution in [0.3, 0.4) is 0 Å². The molecule has 0 aromatic carbocycles. The molecule has 0 aliphatic rings. The Morgan fingerprint density at radius 2 is 0.744 bits per heavy atom. The quantitative estimate of drug-likeness (QED) is 0.0536. The molecule has 0 radical (unpaired) electrons. The summed E-state index contributed by atoms with van der Waals surface area (Å²) >= 11 is -2.46. The van der Waals surface area contributed by atoms with Crippen molar-refractivity contribution in [1.29, 1.82) is 0 Å². The summed E-state index contributed by atoms with van der Waals surface area (Å²) in [5.41, 5.74) is 2.12. The molecule has 0 rings (SSSR count). The fourth-order valence-electron chi connectivity index (χ4n) is 7.16. The topological polar surface area (TPSA) is 0 Å². The average Bonchev–Trinajstić information content (AvgIpc) is 2.95. The molecule has 0 amide bonds. The predicted molar refractivity (Wildman–Crippen MR) is 188 cm³/mol. The van der Waals surface area contributed by atoms with Crippen LogP contribution in [0.5, 0.6) is 0 Å². The van der Waals surface area contributed by atoms with E-state index in [9.17, 15) is 0 Å². The van der Waals surface area contributed by atoms with Gasteiger partial charge in [0.05, 0.1) is 0 Å². The van der Waals surface area contributed by atoms with Crippen LogP contribution in [0.15, 0.2) is 9.06 Å². The molecule has 0 N–H and O–H groups in total. The van der Waals surface area contributed by atoms with Gasteiger partial charge in [-0.15, -0.1) is 0 Å². The van der Waals surface area contributed by atoms with Gasteiger partial charge in [0.1, 0.15) is 0 Å². The molecule has 39 heavy (non-hydrogen) atoms. The van der Waals surface area contributed by atoms with Crippen molar-refractivity contribution in [3.63, 3.8) is 0 Å². The molecule has 0 fully saturated rings. The number of hydrogen-bond acceptors (Lipinski definition) is 0. The summed E-state index contributed by atoms with van der Waals surface area (Å²) in [5, 5.41) is 0. The Morgan fingerprint density at radius 3 is 1.15 bits per heavy atom. The van der Waals surface area contributed by atoms with Gasteiger partial charge in [-0.05, 0) is 0 Å². The van der Waals surface area contributed by atoms with E-state index in [0.717, 1.165) is 6.71 Å². The van der Waals surface area contributed by atoms with E-state index in [2.05, 4.69) is 57.5 Å².